The Hall–Kier alpha value is -2.41. The Labute approximate surface area is 144 Å². The zero-order chi connectivity index (χ0) is 16.5. The molecule has 24 heavy (non-hydrogen) atoms. The van der Waals surface area contributed by atoms with Crippen LogP contribution in [0, 0.1) is 0 Å². The second kappa shape index (κ2) is 6.24. The van der Waals surface area contributed by atoms with Crippen LogP contribution in [-0.4, -0.2) is 47.9 Å². The van der Waals surface area contributed by atoms with Crippen molar-refractivity contribution in [2.75, 3.05) is 36.4 Å². The van der Waals surface area contributed by atoms with Gasteiger partial charge in [0.25, 0.3) is 0 Å². The molecule has 7 heteroatoms. The van der Waals surface area contributed by atoms with Gasteiger partial charge in [-0.05, 0) is 11.6 Å². The van der Waals surface area contributed by atoms with Crippen molar-refractivity contribution in [1.82, 2.24) is 9.88 Å². The number of anilines is 2. The summed E-state index contributed by atoms with van der Waals surface area (Å²) in [5, 5.41) is 5.82. The van der Waals surface area contributed by atoms with Gasteiger partial charge in [-0.25, -0.2) is 4.98 Å². The number of hydrogen-bond acceptors (Lipinski definition) is 5. The van der Waals surface area contributed by atoms with Crippen molar-refractivity contribution in [1.29, 1.82) is 0 Å². The predicted octanol–water partition coefficient (Wildman–Crippen LogP) is 1.92. The molecule has 1 aromatic carbocycles. The third kappa shape index (κ3) is 2.75. The molecule has 0 saturated carbocycles. The van der Waals surface area contributed by atoms with Crippen molar-refractivity contribution in [3.8, 4) is 0 Å². The zero-order valence-corrected chi connectivity index (χ0v) is 14.0. The Kier molecular flexibility index (Phi) is 3.93. The van der Waals surface area contributed by atoms with Crippen molar-refractivity contribution in [3.05, 3.63) is 41.4 Å². The van der Waals surface area contributed by atoms with E-state index in [-0.39, 0.29) is 24.2 Å². The minimum absolute atomic E-state index is 0.0519. The van der Waals surface area contributed by atoms with Crippen LogP contribution < -0.4 is 10.2 Å². The number of rotatable bonds is 2. The second-order valence-electron chi connectivity index (χ2n) is 6.02. The maximum atomic E-state index is 13.0. The monoisotopic (exact) mass is 342 g/mol. The van der Waals surface area contributed by atoms with Crippen molar-refractivity contribution in [2.24, 2.45) is 0 Å². The molecule has 0 spiro atoms. The molecule has 4 rings (SSSR count). The van der Waals surface area contributed by atoms with E-state index >= 15 is 0 Å². The SMILES string of the molecule is O=C1CC(C(=O)N2CCN(c3nccs3)CC2)c2ccccc2N1. The van der Waals surface area contributed by atoms with E-state index in [0.29, 0.717) is 13.1 Å². The molecule has 2 amide bonds. The quantitative estimate of drug-likeness (QED) is 0.905. The molecular formula is C17H18N4O2S. The average Bonchev–Trinajstić information content (AvgIpc) is 3.15. The fraction of sp³-hybridized carbons (Fsp3) is 0.353. The number of aromatic nitrogens is 1. The lowest BCUT2D eigenvalue weighted by molar-refractivity contribution is -0.135. The van der Waals surface area contributed by atoms with Crippen LogP contribution in [0.1, 0.15) is 17.9 Å². The van der Waals surface area contributed by atoms with Gasteiger partial charge in [0.1, 0.15) is 0 Å². The van der Waals surface area contributed by atoms with Gasteiger partial charge in [-0.2, -0.15) is 0 Å². The van der Waals surface area contributed by atoms with E-state index in [9.17, 15) is 9.59 Å². The van der Waals surface area contributed by atoms with Gasteiger partial charge in [0.05, 0.1) is 5.92 Å². The summed E-state index contributed by atoms with van der Waals surface area (Å²) in [6.45, 7) is 2.89. The molecule has 1 aromatic heterocycles. The van der Waals surface area contributed by atoms with Crippen molar-refractivity contribution < 1.29 is 9.59 Å². The molecule has 124 valence electrons. The standard InChI is InChI=1S/C17H18N4O2S/c22-15-11-13(12-3-1-2-4-14(12)19-15)16(23)20-6-8-21(9-7-20)17-18-5-10-24-17/h1-5,10,13H,6-9,11H2,(H,19,22). The molecule has 0 aliphatic carbocycles. The average molecular weight is 342 g/mol. The van der Waals surface area contributed by atoms with Crippen LogP contribution in [0.25, 0.3) is 0 Å². The number of amides is 2. The molecular weight excluding hydrogens is 324 g/mol. The fourth-order valence-corrected chi connectivity index (χ4v) is 4.04. The zero-order valence-electron chi connectivity index (χ0n) is 13.1. The van der Waals surface area contributed by atoms with E-state index in [4.69, 9.17) is 0 Å². The third-order valence-corrected chi connectivity index (χ3v) is 5.41. The Bertz CT molecular complexity index is 754. The van der Waals surface area contributed by atoms with Gasteiger partial charge in [0, 0.05) is 49.9 Å². The van der Waals surface area contributed by atoms with Crippen LogP contribution in [0.5, 0.6) is 0 Å². The molecule has 1 atom stereocenters. The summed E-state index contributed by atoms with van der Waals surface area (Å²) in [7, 11) is 0. The highest BCUT2D eigenvalue weighted by molar-refractivity contribution is 7.13. The highest BCUT2D eigenvalue weighted by Crippen LogP contribution is 2.33. The lowest BCUT2D eigenvalue weighted by Gasteiger charge is -2.37. The topological polar surface area (TPSA) is 65.5 Å². The van der Waals surface area contributed by atoms with Crippen molar-refractivity contribution in [3.63, 3.8) is 0 Å². The summed E-state index contributed by atoms with van der Waals surface area (Å²) < 4.78 is 0. The summed E-state index contributed by atoms with van der Waals surface area (Å²) in [4.78, 5) is 33.3. The van der Waals surface area contributed by atoms with E-state index in [1.54, 1.807) is 17.5 Å². The minimum atomic E-state index is -0.374. The lowest BCUT2D eigenvalue weighted by Crippen LogP contribution is -2.50. The Morgan fingerprint density at radius 3 is 2.75 bits per heavy atom. The third-order valence-electron chi connectivity index (χ3n) is 4.58. The van der Waals surface area contributed by atoms with Gasteiger partial charge < -0.3 is 15.1 Å². The fourth-order valence-electron chi connectivity index (χ4n) is 3.34. The first-order valence-corrected chi connectivity index (χ1v) is 8.92. The number of piperazine rings is 1. The van der Waals surface area contributed by atoms with Crippen molar-refractivity contribution in [2.45, 2.75) is 12.3 Å². The van der Waals surface area contributed by atoms with E-state index in [1.165, 1.54) is 0 Å². The maximum Gasteiger partial charge on any atom is 0.230 e. The number of fused-ring (bicyclic) bond motifs is 1. The summed E-state index contributed by atoms with van der Waals surface area (Å²) in [5.41, 5.74) is 1.68. The first-order valence-electron chi connectivity index (χ1n) is 8.04. The van der Waals surface area contributed by atoms with E-state index in [1.807, 2.05) is 34.5 Å². The number of thiazole rings is 1. The van der Waals surface area contributed by atoms with E-state index < -0.39 is 0 Å². The van der Waals surface area contributed by atoms with Crippen molar-refractivity contribution >= 4 is 34.0 Å². The molecule has 1 fully saturated rings. The summed E-state index contributed by atoms with van der Waals surface area (Å²) in [6, 6.07) is 7.58. The van der Waals surface area contributed by atoms with Gasteiger partial charge in [-0.15, -0.1) is 11.3 Å². The molecule has 0 radical (unpaired) electrons. The lowest BCUT2D eigenvalue weighted by atomic mass is 9.89. The number of carbonyl (C=O) groups is 2. The molecule has 2 aliphatic rings. The second-order valence-corrected chi connectivity index (χ2v) is 6.89. The molecule has 1 N–H and O–H groups in total. The number of benzene rings is 1. The Morgan fingerprint density at radius 1 is 1.21 bits per heavy atom. The van der Waals surface area contributed by atoms with Gasteiger partial charge in [0.15, 0.2) is 5.13 Å². The molecule has 1 unspecified atom stereocenters. The highest BCUT2D eigenvalue weighted by atomic mass is 32.1. The normalized spacial score (nSPS) is 20.5. The molecule has 2 aromatic rings. The van der Waals surface area contributed by atoms with E-state index in [0.717, 1.165) is 29.5 Å². The van der Waals surface area contributed by atoms with Crippen LogP contribution in [0.2, 0.25) is 0 Å². The van der Waals surface area contributed by atoms with Crippen LogP contribution >= 0.6 is 11.3 Å². The molecule has 6 nitrogen and oxygen atoms in total. The van der Waals surface area contributed by atoms with Crippen LogP contribution in [-0.2, 0) is 9.59 Å². The number of para-hydroxylation sites is 1. The molecule has 1 saturated heterocycles. The Balaban J connectivity index is 1.48. The summed E-state index contributed by atoms with van der Waals surface area (Å²) >= 11 is 1.62. The maximum absolute atomic E-state index is 13.0. The van der Waals surface area contributed by atoms with Gasteiger partial charge in [0.2, 0.25) is 11.8 Å². The largest absolute Gasteiger partial charge is 0.345 e. The van der Waals surface area contributed by atoms with E-state index in [2.05, 4.69) is 15.2 Å². The number of nitrogens with one attached hydrogen (secondary N) is 1. The number of carbonyl (C=O) groups excluding carboxylic acids is 2. The minimum Gasteiger partial charge on any atom is -0.345 e. The molecule has 3 heterocycles. The molecule has 2 aliphatic heterocycles. The smallest absolute Gasteiger partial charge is 0.230 e. The first kappa shape index (κ1) is 15.1. The number of hydrogen-bond donors (Lipinski definition) is 1. The summed E-state index contributed by atoms with van der Waals surface area (Å²) in [5.74, 6) is -0.411. The number of nitrogens with zero attached hydrogens (tertiary/aromatic N) is 3. The van der Waals surface area contributed by atoms with Gasteiger partial charge >= 0.3 is 0 Å². The Morgan fingerprint density at radius 2 is 2.00 bits per heavy atom. The van der Waals surface area contributed by atoms with Gasteiger partial charge in [-0.1, -0.05) is 18.2 Å². The molecule has 0 bridgehead atoms. The highest BCUT2D eigenvalue weighted by Gasteiger charge is 2.34. The first-order chi connectivity index (χ1) is 11.7. The summed E-state index contributed by atoms with van der Waals surface area (Å²) in [6.07, 6.45) is 2.03. The predicted molar refractivity (Wildman–Crippen MR) is 93.3 cm³/mol. The van der Waals surface area contributed by atoms with Gasteiger partial charge in [-0.3, -0.25) is 9.59 Å². The van der Waals surface area contributed by atoms with Crippen LogP contribution in [0.3, 0.4) is 0 Å². The van der Waals surface area contributed by atoms with Crippen LogP contribution in [0.15, 0.2) is 35.8 Å². The van der Waals surface area contributed by atoms with Crippen LogP contribution in [0.4, 0.5) is 10.8 Å².